The molecule has 0 unspecified atom stereocenters. The van der Waals surface area contributed by atoms with E-state index in [-0.39, 0.29) is 5.91 Å². The van der Waals surface area contributed by atoms with Crippen molar-refractivity contribution < 1.29 is 19.1 Å². The van der Waals surface area contributed by atoms with Gasteiger partial charge in [-0.1, -0.05) is 17.7 Å². The van der Waals surface area contributed by atoms with Gasteiger partial charge < -0.3 is 14.8 Å². The molecule has 0 aliphatic heterocycles. The number of halogens is 1. The molecule has 0 radical (unpaired) electrons. The Morgan fingerprint density at radius 1 is 1.17 bits per heavy atom. The largest absolute Gasteiger partial charge is 0.481 e. The summed E-state index contributed by atoms with van der Waals surface area (Å²) >= 11 is 5.89. The Morgan fingerprint density at radius 2 is 1.92 bits per heavy atom. The maximum atomic E-state index is 12.3. The zero-order valence-corrected chi connectivity index (χ0v) is 14.4. The highest BCUT2D eigenvalue weighted by molar-refractivity contribution is 6.30. The number of benzene rings is 2. The molecule has 0 fully saturated rings. The van der Waals surface area contributed by atoms with E-state index in [9.17, 15) is 9.59 Å². The van der Waals surface area contributed by atoms with E-state index in [1.54, 1.807) is 56.3 Å². The van der Waals surface area contributed by atoms with Crippen LogP contribution in [0.5, 0.6) is 5.75 Å². The first-order valence-electron chi connectivity index (χ1n) is 7.32. The summed E-state index contributed by atoms with van der Waals surface area (Å²) in [5.41, 5.74) is 1.78. The topological polar surface area (TPSA) is 64.6 Å². The van der Waals surface area contributed by atoms with E-state index in [1.807, 2.05) is 0 Å². The van der Waals surface area contributed by atoms with Crippen molar-refractivity contribution in [2.24, 2.45) is 0 Å². The third-order valence-corrected chi connectivity index (χ3v) is 3.62. The van der Waals surface area contributed by atoms with Gasteiger partial charge in [-0.15, -0.1) is 0 Å². The second-order valence-corrected chi connectivity index (χ2v) is 5.66. The molecular formula is C18H18ClNO4. The quantitative estimate of drug-likeness (QED) is 0.834. The fourth-order valence-corrected chi connectivity index (χ4v) is 2.26. The molecule has 5 nitrogen and oxygen atoms in total. The summed E-state index contributed by atoms with van der Waals surface area (Å²) in [5, 5.41) is 3.32. The van der Waals surface area contributed by atoms with Gasteiger partial charge in [0.15, 0.2) is 6.10 Å². The maximum absolute atomic E-state index is 12.3. The van der Waals surface area contributed by atoms with Crippen molar-refractivity contribution in [2.75, 3.05) is 12.4 Å². The van der Waals surface area contributed by atoms with E-state index in [2.05, 4.69) is 10.1 Å². The second-order valence-electron chi connectivity index (χ2n) is 5.23. The Labute approximate surface area is 145 Å². The van der Waals surface area contributed by atoms with Crippen LogP contribution in [0.3, 0.4) is 0 Å². The molecule has 2 aromatic carbocycles. The third-order valence-electron chi connectivity index (χ3n) is 3.38. The van der Waals surface area contributed by atoms with E-state index in [0.717, 1.165) is 5.56 Å². The van der Waals surface area contributed by atoms with Crippen molar-refractivity contribution in [2.45, 2.75) is 20.0 Å². The van der Waals surface area contributed by atoms with Crippen LogP contribution in [0.2, 0.25) is 5.02 Å². The molecule has 6 heteroatoms. The van der Waals surface area contributed by atoms with E-state index in [0.29, 0.717) is 22.0 Å². The Balaban J connectivity index is 2.04. The predicted octanol–water partition coefficient (Wildman–Crippen LogP) is 3.84. The van der Waals surface area contributed by atoms with Gasteiger partial charge in [-0.3, -0.25) is 4.79 Å². The van der Waals surface area contributed by atoms with Crippen molar-refractivity contribution >= 4 is 29.2 Å². The smallest absolute Gasteiger partial charge is 0.337 e. The summed E-state index contributed by atoms with van der Waals surface area (Å²) in [6, 6.07) is 11.8. The average Bonchev–Trinajstić information content (AvgIpc) is 2.55. The summed E-state index contributed by atoms with van der Waals surface area (Å²) in [5.74, 6) is -0.208. The predicted molar refractivity (Wildman–Crippen MR) is 92.7 cm³/mol. The number of carbonyl (C=O) groups is 2. The van der Waals surface area contributed by atoms with Gasteiger partial charge >= 0.3 is 5.97 Å². The highest BCUT2D eigenvalue weighted by Gasteiger charge is 2.16. The number of rotatable bonds is 5. The first kappa shape index (κ1) is 17.8. The first-order valence-corrected chi connectivity index (χ1v) is 7.70. The fourth-order valence-electron chi connectivity index (χ4n) is 2.08. The second kappa shape index (κ2) is 7.84. The van der Waals surface area contributed by atoms with E-state index in [4.69, 9.17) is 16.3 Å². The molecule has 0 spiro atoms. The minimum atomic E-state index is -0.705. The highest BCUT2D eigenvalue weighted by atomic mass is 35.5. The molecule has 0 heterocycles. The van der Waals surface area contributed by atoms with Crippen LogP contribution in [-0.4, -0.2) is 25.1 Å². The highest BCUT2D eigenvalue weighted by Crippen LogP contribution is 2.20. The van der Waals surface area contributed by atoms with Crippen LogP contribution < -0.4 is 10.1 Å². The Bertz CT molecular complexity index is 760. The van der Waals surface area contributed by atoms with Crippen LogP contribution in [0.15, 0.2) is 42.5 Å². The summed E-state index contributed by atoms with van der Waals surface area (Å²) in [7, 11) is 1.32. The van der Waals surface area contributed by atoms with Gasteiger partial charge in [0, 0.05) is 10.7 Å². The third kappa shape index (κ3) is 4.49. The molecule has 24 heavy (non-hydrogen) atoms. The number of methoxy groups -OCH3 is 1. The van der Waals surface area contributed by atoms with Crippen LogP contribution in [0.4, 0.5) is 5.69 Å². The molecule has 0 saturated heterocycles. The number of aryl methyl sites for hydroxylation is 1. The molecule has 2 aromatic rings. The Hall–Kier alpha value is -2.53. The van der Waals surface area contributed by atoms with Gasteiger partial charge in [0.05, 0.1) is 12.7 Å². The van der Waals surface area contributed by atoms with Gasteiger partial charge in [-0.25, -0.2) is 4.79 Å². The molecule has 1 N–H and O–H groups in total. The molecule has 0 bridgehead atoms. The summed E-state index contributed by atoms with van der Waals surface area (Å²) < 4.78 is 10.2. The van der Waals surface area contributed by atoms with Crippen LogP contribution >= 0.6 is 11.6 Å². The zero-order valence-electron chi connectivity index (χ0n) is 13.6. The van der Waals surface area contributed by atoms with Gasteiger partial charge in [0.1, 0.15) is 5.75 Å². The first-order chi connectivity index (χ1) is 11.4. The molecule has 2 rings (SSSR count). The van der Waals surface area contributed by atoms with E-state index < -0.39 is 12.1 Å². The van der Waals surface area contributed by atoms with Crippen LogP contribution in [0, 0.1) is 6.92 Å². The molecule has 0 aliphatic carbocycles. The summed E-state index contributed by atoms with van der Waals surface area (Å²) in [6.45, 7) is 3.44. The van der Waals surface area contributed by atoms with Crippen molar-refractivity contribution in [3.05, 3.63) is 58.6 Å². The maximum Gasteiger partial charge on any atom is 0.337 e. The van der Waals surface area contributed by atoms with Crippen molar-refractivity contribution in [3.8, 4) is 5.75 Å². The SMILES string of the molecule is COC(=O)c1ccc(NC(=O)[C@H](C)Oc2cccc(Cl)c2)c(C)c1. The van der Waals surface area contributed by atoms with E-state index in [1.165, 1.54) is 7.11 Å². The molecule has 126 valence electrons. The monoisotopic (exact) mass is 347 g/mol. The molecule has 0 saturated carbocycles. The average molecular weight is 348 g/mol. The van der Waals surface area contributed by atoms with Crippen molar-refractivity contribution in [1.29, 1.82) is 0 Å². The summed E-state index contributed by atoms with van der Waals surface area (Å²) in [4.78, 5) is 23.8. The number of esters is 1. The van der Waals surface area contributed by atoms with Crippen LogP contribution in [0.25, 0.3) is 0 Å². The number of hydrogen-bond donors (Lipinski definition) is 1. The molecule has 1 atom stereocenters. The van der Waals surface area contributed by atoms with Gasteiger partial charge in [-0.05, 0) is 55.8 Å². The Morgan fingerprint density at radius 3 is 2.54 bits per heavy atom. The normalized spacial score (nSPS) is 11.5. The number of anilines is 1. The van der Waals surface area contributed by atoms with Gasteiger partial charge in [0.2, 0.25) is 0 Å². The molecule has 0 aromatic heterocycles. The lowest BCUT2D eigenvalue weighted by molar-refractivity contribution is -0.122. The molecule has 0 aliphatic rings. The van der Waals surface area contributed by atoms with Crippen molar-refractivity contribution in [3.63, 3.8) is 0 Å². The number of carbonyl (C=O) groups excluding carboxylic acids is 2. The minimum absolute atomic E-state index is 0.302. The standard InChI is InChI=1S/C18H18ClNO4/c1-11-9-13(18(22)23-3)7-8-16(11)20-17(21)12(2)24-15-6-4-5-14(19)10-15/h4-10,12H,1-3H3,(H,20,21)/t12-/m0/s1. The van der Waals surface area contributed by atoms with Gasteiger partial charge in [0.25, 0.3) is 5.91 Å². The van der Waals surface area contributed by atoms with Crippen LogP contribution in [0.1, 0.15) is 22.8 Å². The lowest BCUT2D eigenvalue weighted by atomic mass is 10.1. The van der Waals surface area contributed by atoms with Gasteiger partial charge in [-0.2, -0.15) is 0 Å². The number of nitrogens with one attached hydrogen (secondary N) is 1. The fraction of sp³-hybridized carbons (Fsp3) is 0.222. The lowest BCUT2D eigenvalue weighted by Gasteiger charge is -2.16. The number of hydrogen-bond acceptors (Lipinski definition) is 4. The number of ether oxygens (including phenoxy) is 2. The lowest BCUT2D eigenvalue weighted by Crippen LogP contribution is -2.30. The van der Waals surface area contributed by atoms with E-state index >= 15 is 0 Å². The minimum Gasteiger partial charge on any atom is -0.481 e. The van der Waals surface area contributed by atoms with Crippen LogP contribution in [-0.2, 0) is 9.53 Å². The zero-order chi connectivity index (χ0) is 17.7. The Kier molecular flexibility index (Phi) is 5.82. The molecule has 1 amide bonds. The molecular weight excluding hydrogens is 330 g/mol. The number of amides is 1. The summed E-state index contributed by atoms with van der Waals surface area (Å²) in [6.07, 6.45) is -0.705. The van der Waals surface area contributed by atoms with Crippen molar-refractivity contribution in [1.82, 2.24) is 0 Å².